The molecule has 0 bridgehead atoms. The fourth-order valence-corrected chi connectivity index (χ4v) is 4.28. The van der Waals surface area contributed by atoms with E-state index in [1.165, 1.54) is 50.0 Å². The van der Waals surface area contributed by atoms with Gasteiger partial charge in [-0.1, -0.05) is 23.9 Å². The summed E-state index contributed by atoms with van der Waals surface area (Å²) in [5, 5.41) is 14.0. The van der Waals surface area contributed by atoms with Gasteiger partial charge in [-0.25, -0.2) is 14.8 Å². The number of nitrogens with zero attached hydrogens (tertiary/aromatic N) is 5. The van der Waals surface area contributed by atoms with Crippen molar-refractivity contribution in [3.8, 4) is 17.1 Å². The van der Waals surface area contributed by atoms with E-state index < -0.39 is 16.2 Å². The molecule has 2 aromatic heterocycles. The minimum Gasteiger partial charge on any atom is -0.495 e. The molecule has 36 heavy (non-hydrogen) atoms. The standard InChI is InChI=1S/C23H20N6O6S/c1-27-20-18(22(31)28(2)23(27)32)21(26-19(25-20)13-8-10-14(11-9-13)29(33)34)36-12-17(30)24-15-6-4-5-7-16(15)35-3/h4-11H,12H2,1-3H3,(H,24,30). The Kier molecular flexibility index (Phi) is 6.83. The number of aromatic nitrogens is 4. The van der Waals surface area contributed by atoms with Crippen molar-refractivity contribution in [2.24, 2.45) is 14.1 Å². The summed E-state index contributed by atoms with van der Waals surface area (Å²) >= 11 is 1.00. The van der Waals surface area contributed by atoms with Gasteiger partial charge < -0.3 is 10.1 Å². The Morgan fingerprint density at radius 2 is 1.78 bits per heavy atom. The highest BCUT2D eigenvalue weighted by atomic mass is 32.2. The number of hydrogen-bond donors (Lipinski definition) is 1. The number of fused-ring (bicyclic) bond motifs is 1. The van der Waals surface area contributed by atoms with Crippen molar-refractivity contribution in [2.45, 2.75) is 5.03 Å². The molecule has 13 heteroatoms. The zero-order valence-electron chi connectivity index (χ0n) is 19.4. The number of rotatable bonds is 7. The van der Waals surface area contributed by atoms with Crippen molar-refractivity contribution in [1.29, 1.82) is 0 Å². The van der Waals surface area contributed by atoms with E-state index in [2.05, 4.69) is 15.3 Å². The van der Waals surface area contributed by atoms with E-state index >= 15 is 0 Å². The number of amides is 1. The average Bonchev–Trinajstić information content (AvgIpc) is 2.89. The lowest BCUT2D eigenvalue weighted by Crippen LogP contribution is -2.37. The van der Waals surface area contributed by atoms with Crippen LogP contribution in [0.1, 0.15) is 0 Å². The molecule has 0 atom stereocenters. The van der Waals surface area contributed by atoms with Crippen LogP contribution < -0.4 is 21.3 Å². The van der Waals surface area contributed by atoms with Crippen LogP contribution in [0.4, 0.5) is 11.4 Å². The fourth-order valence-electron chi connectivity index (χ4n) is 3.46. The highest BCUT2D eigenvalue weighted by molar-refractivity contribution is 8.00. The molecular formula is C23H20N6O6S. The lowest BCUT2D eigenvalue weighted by molar-refractivity contribution is -0.384. The number of ether oxygens (including phenoxy) is 1. The van der Waals surface area contributed by atoms with Crippen LogP contribution >= 0.6 is 11.8 Å². The topological polar surface area (TPSA) is 151 Å². The molecule has 0 aliphatic heterocycles. The number of para-hydroxylation sites is 2. The minimum atomic E-state index is -0.601. The third-order valence-corrected chi connectivity index (χ3v) is 6.30. The zero-order valence-corrected chi connectivity index (χ0v) is 20.2. The average molecular weight is 509 g/mol. The molecule has 0 unspecified atom stereocenters. The van der Waals surface area contributed by atoms with E-state index in [4.69, 9.17) is 4.74 Å². The molecular weight excluding hydrogens is 488 g/mol. The van der Waals surface area contributed by atoms with Crippen LogP contribution in [-0.2, 0) is 18.9 Å². The highest BCUT2D eigenvalue weighted by Gasteiger charge is 2.20. The summed E-state index contributed by atoms with van der Waals surface area (Å²) in [5.74, 6) is 0.173. The molecule has 4 aromatic rings. The SMILES string of the molecule is COc1ccccc1NC(=O)CSc1nc(-c2ccc([N+](=O)[O-])cc2)nc2c1c(=O)n(C)c(=O)n2C. The Labute approximate surface area is 207 Å². The first-order chi connectivity index (χ1) is 17.2. The molecule has 4 rings (SSSR count). The number of thioether (sulfide) groups is 1. The number of benzene rings is 2. The number of methoxy groups -OCH3 is 1. The van der Waals surface area contributed by atoms with Gasteiger partial charge in [-0.3, -0.25) is 28.8 Å². The van der Waals surface area contributed by atoms with Gasteiger partial charge in [0.25, 0.3) is 11.2 Å². The monoisotopic (exact) mass is 508 g/mol. The Morgan fingerprint density at radius 1 is 1.08 bits per heavy atom. The smallest absolute Gasteiger partial charge is 0.332 e. The summed E-state index contributed by atoms with van der Waals surface area (Å²) in [5.41, 5.74) is -0.275. The van der Waals surface area contributed by atoms with Gasteiger partial charge in [-0.2, -0.15) is 0 Å². The normalized spacial score (nSPS) is 10.9. The summed E-state index contributed by atoms with van der Waals surface area (Å²) in [7, 11) is 4.31. The first kappa shape index (κ1) is 24.6. The van der Waals surface area contributed by atoms with E-state index in [0.29, 0.717) is 17.0 Å². The molecule has 0 radical (unpaired) electrons. The van der Waals surface area contributed by atoms with Crippen LogP contribution in [0, 0.1) is 10.1 Å². The van der Waals surface area contributed by atoms with Gasteiger partial charge in [0.1, 0.15) is 16.2 Å². The second-order valence-electron chi connectivity index (χ2n) is 7.60. The molecule has 184 valence electrons. The van der Waals surface area contributed by atoms with Crippen molar-refractivity contribution in [2.75, 3.05) is 18.2 Å². The summed E-state index contributed by atoms with van der Waals surface area (Å²) in [6.07, 6.45) is 0. The molecule has 2 aromatic carbocycles. The third-order valence-electron chi connectivity index (χ3n) is 5.32. The van der Waals surface area contributed by atoms with Crippen molar-refractivity contribution in [1.82, 2.24) is 19.1 Å². The van der Waals surface area contributed by atoms with Gasteiger partial charge in [0.2, 0.25) is 5.91 Å². The maximum Gasteiger partial charge on any atom is 0.332 e. The number of non-ortho nitro benzene ring substituents is 1. The Morgan fingerprint density at radius 3 is 2.44 bits per heavy atom. The maximum absolute atomic E-state index is 13.0. The Balaban J connectivity index is 1.76. The van der Waals surface area contributed by atoms with Gasteiger partial charge in [-0.15, -0.1) is 0 Å². The van der Waals surface area contributed by atoms with E-state index in [1.807, 2.05) is 0 Å². The molecule has 0 spiro atoms. The van der Waals surface area contributed by atoms with Crippen molar-refractivity contribution in [3.05, 3.63) is 79.5 Å². The van der Waals surface area contributed by atoms with Gasteiger partial charge in [0.15, 0.2) is 11.5 Å². The van der Waals surface area contributed by atoms with Crippen molar-refractivity contribution in [3.63, 3.8) is 0 Å². The largest absolute Gasteiger partial charge is 0.495 e. The Hall–Kier alpha value is -4.52. The maximum atomic E-state index is 13.0. The van der Waals surface area contributed by atoms with Gasteiger partial charge in [0.05, 0.1) is 23.5 Å². The second kappa shape index (κ2) is 10.00. The predicted molar refractivity (Wildman–Crippen MR) is 134 cm³/mol. The van der Waals surface area contributed by atoms with Gasteiger partial charge in [0, 0.05) is 31.8 Å². The van der Waals surface area contributed by atoms with Crippen LogP contribution in [0.15, 0.2) is 63.1 Å². The second-order valence-corrected chi connectivity index (χ2v) is 8.56. The quantitative estimate of drug-likeness (QED) is 0.172. The lowest BCUT2D eigenvalue weighted by Gasteiger charge is -2.12. The number of nitro groups is 1. The Bertz CT molecular complexity index is 1610. The fraction of sp³-hybridized carbons (Fsp3) is 0.174. The number of hydrogen-bond acceptors (Lipinski definition) is 9. The summed E-state index contributed by atoms with van der Waals surface area (Å²) in [6.45, 7) is 0. The molecule has 0 aliphatic carbocycles. The number of nitro benzene ring substituents is 1. The molecule has 1 N–H and O–H groups in total. The minimum absolute atomic E-state index is 0.0825. The first-order valence-electron chi connectivity index (χ1n) is 10.5. The molecule has 12 nitrogen and oxygen atoms in total. The lowest BCUT2D eigenvalue weighted by atomic mass is 10.2. The summed E-state index contributed by atoms with van der Waals surface area (Å²) in [4.78, 5) is 57.5. The van der Waals surface area contributed by atoms with E-state index in [1.54, 1.807) is 24.3 Å². The van der Waals surface area contributed by atoms with Crippen LogP contribution in [0.3, 0.4) is 0 Å². The molecule has 2 heterocycles. The zero-order chi connectivity index (χ0) is 26.0. The number of carbonyl (C=O) groups is 1. The highest BCUT2D eigenvalue weighted by Crippen LogP contribution is 2.28. The van der Waals surface area contributed by atoms with E-state index in [0.717, 1.165) is 16.3 Å². The molecule has 0 fully saturated rings. The predicted octanol–water partition coefficient (Wildman–Crippen LogP) is 2.34. The van der Waals surface area contributed by atoms with Crippen LogP contribution in [-0.4, -0.2) is 42.8 Å². The molecule has 1 amide bonds. The third kappa shape index (κ3) is 4.68. The van der Waals surface area contributed by atoms with Crippen molar-refractivity contribution < 1.29 is 14.5 Å². The van der Waals surface area contributed by atoms with Gasteiger partial charge in [-0.05, 0) is 24.3 Å². The first-order valence-corrected chi connectivity index (χ1v) is 11.5. The van der Waals surface area contributed by atoms with Crippen molar-refractivity contribution >= 4 is 40.1 Å². The number of nitrogens with one attached hydrogen (secondary N) is 1. The van der Waals surface area contributed by atoms with Gasteiger partial charge >= 0.3 is 5.69 Å². The molecule has 0 saturated heterocycles. The summed E-state index contributed by atoms with van der Waals surface area (Å²) < 4.78 is 7.40. The van der Waals surface area contributed by atoms with Crippen LogP contribution in [0.5, 0.6) is 5.75 Å². The molecule has 0 saturated carbocycles. The number of carbonyl (C=O) groups excluding carboxylic acids is 1. The van der Waals surface area contributed by atoms with Crippen LogP contribution in [0.25, 0.3) is 22.4 Å². The van der Waals surface area contributed by atoms with E-state index in [9.17, 15) is 24.5 Å². The number of aryl methyl sites for hydroxylation is 1. The van der Waals surface area contributed by atoms with E-state index in [-0.39, 0.29) is 39.2 Å². The summed E-state index contributed by atoms with van der Waals surface area (Å²) in [6, 6.07) is 12.5. The number of anilines is 1. The molecule has 0 aliphatic rings. The van der Waals surface area contributed by atoms with Crippen LogP contribution in [0.2, 0.25) is 0 Å².